The van der Waals surface area contributed by atoms with E-state index in [2.05, 4.69) is 4.98 Å². The van der Waals surface area contributed by atoms with Gasteiger partial charge < -0.3 is 20.1 Å². The molecule has 0 fully saturated rings. The zero-order chi connectivity index (χ0) is 16.9. The summed E-state index contributed by atoms with van der Waals surface area (Å²) in [5.74, 6) is -4.69. The van der Waals surface area contributed by atoms with E-state index in [0.29, 0.717) is 0 Å². The number of halogens is 3. The molecule has 1 N–H and O–H groups in total. The van der Waals surface area contributed by atoms with Crippen molar-refractivity contribution in [3.63, 3.8) is 0 Å². The topological polar surface area (TPSA) is 96.3 Å². The normalized spacial score (nSPS) is 18.1. The van der Waals surface area contributed by atoms with Crippen molar-refractivity contribution in [1.29, 1.82) is 0 Å². The SMILES string of the molecule is O=C([O-])C1(O)CCc2c1ncc(-c1c(F)ccc(Cl)c1F)c2[O-].[Li+].[Li+]. The first kappa shape index (κ1) is 22.0. The molecular formula is C15H8ClF2Li2NO4. The van der Waals surface area contributed by atoms with Gasteiger partial charge in [-0.05, 0) is 36.1 Å². The average molecular weight is 354 g/mol. The Morgan fingerprint density at radius 2 is 1.96 bits per heavy atom. The summed E-state index contributed by atoms with van der Waals surface area (Å²) in [4.78, 5) is 14.8. The van der Waals surface area contributed by atoms with Crippen LogP contribution in [0.25, 0.3) is 11.1 Å². The summed E-state index contributed by atoms with van der Waals surface area (Å²) in [6.45, 7) is 0. The molecular weight excluding hydrogens is 345 g/mol. The van der Waals surface area contributed by atoms with E-state index in [1.54, 1.807) is 0 Å². The molecule has 1 aromatic heterocycles. The van der Waals surface area contributed by atoms with Gasteiger partial charge in [-0.15, -0.1) is 0 Å². The molecule has 1 aliphatic rings. The van der Waals surface area contributed by atoms with E-state index in [1.807, 2.05) is 0 Å². The van der Waals surface area contributed by atoms with Gasteiger partial charge in [-0.1, -0.05) is 17.4 Å². The third kappa shape index (κ3) is 3.33. The molecule has 3 rings (SSSR count). The van der Waals surface area contributed by atoms with Crippen LogP contribution in [-0.2, 0) is 16.8 Å². The van der Waals surface area contributed by atoms with Crippen molar-refractivity contribution in [2.75, 3.05) is 0 Å². The molecule has 1 unspecified atom stereocenters. The molecule has 0 spiro atoms. The number of carboxylic acid groups (broad SMARTS) is 1. The second-order valence-corrected chi connectivity index (χ2v) is 5.60. The van der Waals surface area contributed by atoms with E-state index in [9.17, 15) is 28.9 Å². The number of carbonyl (C=O) groups is 1. The minimum Gasteiger partial charge on any atom is -0.872 e. The number of nitrogens with zero attached hydrogens (tertiary/aromatic N) is 1. The number of fused-ring (bicyclic) bond motifs is 1. The largest absolute Gasteiger partial charge is 1.00 e. The minimum absolute atomic E-state index is 0. The summed E-state index contributed by atoms with van der Waals surface area (Å²) in [7, 11) is 0. The van der Waals surface area contributed by atoms with E-state index >= 15 is 0 Å². The second-order valence-electron chi connectivity index (χ2n) is 5.19. The monoisotopic (exact) mass is 353 g/mol. The molecule has 0 bridgehead atoms. The van der Waals surface area contributed by atoms with Crippen LogP contribution in [0.3, 0.4) is 0 Å². The number of aliphatic hydroxyl groups is 1. The number of rotatable bonds is 2. The molecule has 1 aromatic carbocycles. The number of aliphatic carboxylic acids is 1. The summed E-state index contributed by atoms with van der Waals surface area (Å²) in [6.07, 6.45) is 0.443. The summed E-state index contributed by atoms with van der Waals surface area (Å²) in [5.41, 5.74) is -3.86. The van der Waals surface area contributed by atoms with Crippen LogP contribution in [0.15, 0.2) is 18.3 Å². The van der Waals surface area contributed by atoms with Crippen molar-refractivity contribution in [1.82, 2.24) is 4.98 Å². The molecule has 0 saturated carbocycles. The average Bonchev–Trinajstić information content (AvgIpc) is 2.85. The fourth-order valence-corrected chi connectivity index (χ4v) is 2.86. The Morgan fingerprint density at radius 1 is 1.32 bits per heavy atom. The molecule has 1 atom stereocenters. The van der Waals surface area contributed by atoms with Gasteiger partial charge >= 0.3 is 37.7 Å². The molecule has 0 aliphatic heterocycles. The van der Waals surface area contributed by atoms with E-state index in [-0.39, 0.29) is 72.4 Å². The van der Waals surface area contributed by atoms with Gasteiger partial charge in [0, 0.05) is 6.20 Å². The van der Waals surface area contributed by atoms with Crippen molar-refractivity contribution < 1.29 is 66.6 Å². The van der Waals surface area contributed by atoms with E-state index in [4.69, 9.17) is 11.6 Å². The van der Waals surface area contributed by atoms with Crippen molar-refractivity contribution >= 4 is 17.6 Å². The maximum atomic E-state index is 14.1. The third-order valence-electron chi connectivity index (χ3n) is 3.91. The number of benzene rings is 1. The zero-order valence-electron chi connectivity index (χ0n) is 13.4. The Labute approximate surface area is 170 Å². The van der Waals surface area contributed by atoms with Crippen LogP contribution in [0.4, 0.5) is 8.78 Å². The van der Waals surface area contributed by atoms with Crippen LogP contribution in [-0.4, -0.2) is 16.1 Å². The number of hydrogen-bond donors (Lipinski definition) is 1. The Morgan fingerprint density at radius 3 is 2.56 bits per heavy atom. The summed E-state index contributed by atoms with van der Waals surface area (Å²) >= 11 is 5.60. The van der Waals surface area contributed by atoms with Gasteiger partial charge in [0.25, 0.3) is 0 Å². The van der Waals surface area contributed by atoms with Crippen LogP contribution in [0.1, 0.15) is 17.7 Å². The third-order valence-corrected chi connectivity index (χ3v) is 4.20. The number of carboxylic acids is 1. The summed E-state index contributed by atoms with van der Waals surface area (Å²) in [6, 6.07) is 1.92. The molecule has 1 heterocycles. The van der Waals surface area contributed by atoms with Crippen molar-refractivity contribution in [3.05, 3.63) is 46.2 Å². The van der Waals surface area contributed by atoms with Crippen molar-refractivity contribution in [2.45, 2.75) is 18.4 Å². The fourth-order valence-electron chi connectivity index (χ4n) is 2.70. The smallest absolute Gasteiger partial charge is 0.872 e. The Kier molecular flexibility index (Phi) is 6.75. The molecule has 0 saturated heterocycles. The number of hydrogen-bond acceptors (Lipinski definition) is 5. The maximum Gasteiger partial charge on any atom is 1.00 e. The molecule has 10 heteroatoms. The van der Waals surface area contributed by atoms with Gasteiger partial charge in [-0.2, -0.15) is 0 Å². The van der Waals surface area contributed by atoms with Gasteiger partial charge in [0.1, 0.15) is 11.4 Å². The molecule has 0 radical (unpaired) electrons. The fraction of sp³-hybridized carbons (Fsp3) is 0.200. The van der Waals surface area contributed by atoms with Gasteiger partial charge in [0.15, 0.2) is 5.82 Å². The van der Waals surface area contributed by atoms with E-state index < -0.39 is 34.5 Å². The van der Waals surface area contributed by atoms with E-state index in [0.717, 1.165) is 18.3 Å². The molecule has 120 valence electrons. The number of aromatic nitrogens is 1. The Bertz CT molecular complexity index is 853. The molecule has 2 aromatic rings. The van der Waals surface area contributed by atoms with Crippen LogP contribution in [0, 0.1) is 11.6 Å². The first-order chi connectivity index (χ1) is 10.8. The minimum atomic E-state index is -2.38. The van der Waals surface area contributed by atoms with Gasteiger partial charge in [-0.25, -0.2) is 8.78 Å². The predicted octanol–water partition coefficient (Wildman–Crippen LogP) is -5.35. The predicted molar refractivity (Wildman–Crippen MR) is 71.3 cm³/mol. The van der Waals surface area contributed by atoms with Crippen LogP contribution in [0.5, 0.6) is 5.75 Å². The molecule has 1 aliphatic carbocycles. The first-order valence-corrected chi connectivity index (χ1v) is 6.92. The van der Waals surface area contributed by atoms with Crippen molar-refractivity contribution in [3.8, 4) is 16.9 Å². The van der Waals surface area contributed by atoms with Crippen LogP contribution >= 0.6 is 11.6 Å². The van der Waals surface area contributed by atoms with Gasteiger partial charge in [0.05, 0.1) is 22.2 Å². The summed E-state index contributed by atoms with van der Waals surface area (Å²) in [5, 5.41) is 33.2. The van der Waals surface area contributed by atoms with E-state index in [1.165, 1.54) is 0 Å². The summed E-state index contributed by atoms with van der Waals surface area (Å²) < 4.78 is 28.0. The standard InChI is InChI=1S/C15H10ClF2NO4.2Li/c16-8-1-2-9(17)10(11(8)18)7-5-19-13-6(12(7)20)3-4-15(13,23)14(21)22;;/h1-2,5,23H,3-4H2,(H,19,20)(H,21,22);;/q;2*+1/p-2. The maximum absolute atomic E-state index is 14.1. The van der Waals surface area contributed by atoms with Crippen LogP contribution in [0.2, 0.25) is 5.02 Å². The van der Waals surface area contributed by atoms with Crippen molar-refractivity contribution in [2.24, 2.45) is 0 Å². The number of carbonyl (C=O) groups excluding carboxylic acids is 1. The number of pyridine rings is 1. The quantitative estimate of drug-likeness (QED) is 0.430. The van der Waals surface area contributed by atoms with Crippen LogP contribution < -0.4 is 47.9 Å². The Balaban J connectivity index is 0.00000156. The van der Waals surface area contributed by atoms with Gasteiger partial charge in [-0.3, -0.25) is 4.98 Å². The molecule has 25 heavy (non-hydrogen) atoms. The first-order valence-electron chi connectivity index (χ1n) is 6.54. The molecule has 0 amide bonds. The Hall–Kier alpha value is -1.06. The second kappa shape index (κ2) is 7.67. The van der Waals surface area contributed by atoms with Gasteiger partial charge in [0.2, 0.25) is 0 Å². The molecule has 5 nitrogen and oxygen atoms in total. The zero-order valence-corrected chi connectivity index (χ0v) is 14.2.